The Kier molecular flexibility index (Phi) is 5.98. The van der Waals surface area contributed by atoms with E-state index in [0.29, 0.717) is 11.5 Å². The van der Waals surface area contributed by atoms with Gasteiger partial charge in [-0.2, -0.15) is 0 Å². The third-order valence-electron chi connectivity index (χ3n) is 5.46. The number of carbonyl (C=O) groups excluding carboxylic acids is 2. The van der Waals surface area contributed by atoms with Gasteiger partial charge < -0.3 is 9.30 Å². The van der Waals surface area contributed by atoms with Gasteiger partial charge in [-0.25, -0.2) is 8.42 Å². The molecule has 1 aromatic carbocycles. The molecule has 1 aliphatic heterocycles. The molecule has 2 aromatic rings. The second-order valence-electron chi connectivity index (χ2n) is 8.00. The highest BCUT2D eigenvalue weighted by molar-refractivity contribution is 7.91. The van der Waals surface area contributed by atoms with E-state index >= 15 is 0 Å². The molecule has 0 N–H and O–H groups in total. The monoisotopic (exact) mass is 417 g/mol. The fourth-order valence-corrected chi connectivity index (χ4v) is 5.49. The number of esters is 1. The summed E-state index contributed by atoms with van der Waals surface area (Å²) in [5.41, 5.74) is 4.41. The molecular weight excluding hydrogens is 390 g/mol. The van der Waals surface area contributed by atoms with Crippen molar-refractivity contribution in [2.24, 2.45) is 5.92 Å². The second kappa shape index (κ2) is 8.14. The zero-order valence-corrected chi connectivity index (χ0v) is 18.1. The lowest BCUT2D eigenvalue weighted by Gasteiger charge is -2.12. The van der Waals surface area contributed by atoms with Gasteiger partial charge in [-0.15, -0.1) is 0 Å². The molecule has 0 spiro atoms. The van der Waals surface area contributed by atoms with Crippen LogP contribution in [0, 0.1) is 19.8 Å². The summed E-state index contributed by atoms with van der Waals surface area (Å²) in [5, 5.41) is 0. The number of rotatable bonds is 6. The molecule has 0 saturated carbocycles. The molecule has 0 radical (unpaired) electrons. The molecule has 29 heavy (non-hydrogen) atoms. The Labute approximate surface area is 171 Å². The lowest BCUT2D eigenvalue weighted by atomic mass is 10.0. The number of carbonyl (C=O) groups is 2. The van der Waals surface area contributed by atoms with Gasteiger partial charge in [0.25, 0.3) is 0 Å². The Hall–Kier alpha value is -2.41. The molecule has 1 saturated heterocycles. The standard InChI is InChI=1S/C22H27NO5S/c1-14(2)17-5-7-19(8-6-17)23-15(3)11-20(16(23)4)21(24)12-28-22(25)18-9-10-29(26,27)13-18/h5-8,11,14,18H,9-10,12-13H2,1-4H3. The first kappa shape index (κ1) is 21.3. The lowest BCUT2D eigenvalue weighted by molar-refractivity contribution is -0.146. The first-order chi connectivity index (χ1) is 13.6. The van der Waals surface area contributed by atoms with Crippen molar-refractivity contribution in [3.8, 4) is 5.69 Å². The van der Waals surface area contributed by atoms with Crippen LogP contribution in [0.4, 0.5) is 0 Å². The van der Waals surface area contributed by atoms with Crippen molar-refractivity contribution in [2.75, 3.05) is 18.1 Å². The van der Waals surface area contributed by atoms with Crippen LogP contribution in [0.3, 0.4) is 0 Å². The first-order valence-electron chi connectivity index (χ1n) is 9.78. The maximum absolute atomic E-state index is 12.6. The minimum Gasteiger partial charge on any atom is -0.457 e. The van der Waals surface area contributed by atoms with Crippen LogP contribution < -0.4 is 0 Å². The molecule has 0 amide bonds. The number of aromatic nitrogens is 1. The van der Waals surface area contributed by atoms with E-state index in [2.05, 4.69) is 26.0 Å². The lowest BCUT2D eigenvalue weighted by Crippen LogP contribution is -2.22. The molecule has 7 heteroatoms. The predicted molar refractivity (Wildman–Crippen MR) is 111 cm³/mol. The van der Waals surface area contributed by atoms with Crippen molar-refractivity contribution in [3.63, 3.8) is 0 Å². The number of hydrogen-bond acceptors (Lipinski definition) is 5. The zero-order chi connectivity index (χ0) is 21.3. The summed E-state index contributed by atoms with van der Waals surface area (Å²) in [6, 6.07) is 10.0. The van der Waals surface area contributed by atoms with Gasteiger partial charge in [-0.1, -0.05) is 26.0 Å². The molecule has 0 aliphatic carbocycles. The summed E-state index contributed by atoms with van der Waals surface area (Å²) in [6.45, 7) is 7.68. The van der Waals surface area contributed by atoms with Gasteiger partial charge in [0.05, 0.1) is 17.4 Å². The van der Waals surface area contributed by atoms with Crippen LogP contribution in [-0.2, 0) is 19.4 Å². The zero-order valence-electron chi connectivity index (χ0n) is 17.3. The van der Waals surface area contributed by atoms with E-state index < -0.39 is 21.7 Å². The average Bonchev–Trinajstić information content (AvgIpc) is 3.18. The van der Waals surface area contributed by atoms with Crippen molar-refractivity contribution in [2.45, 2.75) is 40.0 Å². The molecule has 6 nitrogen and oxygen atoms in total. The molecule has 156 valence electrons. The summed E-state index contributed by atoms with van der Waals surface area (Å²) in [5.74, 6) is -1.33. The molecule has 1 aromatic heterocycles. The van der Waals surface area contributed by atoms with Gasteiger partial charge >= 0.3 is 5.97 Å². The quantitative estimate of drug-likeness (QED) is 0.532. The third kappa shape index (κ3) is 4.61. The molecule has 0 bridgehead atoms. The Morgan fingerprint density at radius 2 is 1.83 bits per heavy atom. The molecule has 1 aliphatic rings. The van der Waals surface area contributed by atoms with Crippen LogP contribution in [0.15, 0.2) is 30.3 Å². The van der Waals surface area contributed by atoms with E-state index in [-0.39, 0.29) is 30.3 Å². The van der Waals surface area contributed by atoms with Crippen LogP contribution in [-0.4, -0.2) is 42.9 Å². The Balaban J connectivity index is 1.72. The summed E-state index contributed by atoms with van der Waals surface area (Å²) in [7, 11) is -3.17. The molecule has 1 fully saturated rings. The van der Waals surface area contributed by atoms with Gasteiger partial charge in [0.1, 0.15) is 0 Å². The first-order valence-corrected chi connectivity index (χ1v) is 11.6. The minimum atomic E-state index is -3.17. The number of ketones is 1. The predicted octanol–water partition coefficient (Wildman–Crippen LogP) is 3.38. The van der Waals surface area contributed by atoms with E-state index in [1.54, 1.807) is 6.07 Å². The molecule has 2 heterocycles. The summed E-state index contributed by atoms with van der Waals surface area (Å²) < 4.78 is 30.1. The number of aryl methyl sites for hydroxylation is 1. The van der Waals surface area contributed by atoms with E-state index in [1.165, 1.54) is 5.56 Å². The average molecular weight is 418 g/mol. The topological polar surface area (TPSA) is 82.4 Å². The number of benzene rings is 1. The van der Waals surface area contributed by atoms with Crippen LogP contribution in [0.2, 0.25) is 0 Å². The Morgan fingerprint density at radius 1 is 1.17 bits per heavy atom. The molecule has 3 rings (SSSR count). The van der Waals surface area contributed by atoms with Crippen LogP contribution in [0.1, 0.15) is 53.5 Å². The maximum Gasteiger partial charge on any atom is 0.310 e. The fourth-order valence-electron chi connectivity index (χ4n) is 3.76. The van der Waals surface area contributed by atoms with Gasteiger partial charge in [0.15, 0.2) is 16.4 Å². The van der Waals surface area contributed by atoms with Crippen LogP contribution in [0.5, 0.6) is 0 Å². The number of sulfone groups is 1. The van der Waals surface area contributed by atoms with Crippen LogP contribution >= 0.6 is 0 Å². The highest BCUT2D eigenvalue weighted by Crippen LogP contribution is 2.24. The maximum atomic E-state index is 12.6. The number of nitrogens with zero attached hydrogens (tertiary/aromatic N) is 1. The Bertz CT molecular complexity index is 1030. The van der Waals surface area contributed by atoms with Gasteiger partial charge in [-0.3, -0.25) is 9.59 Å². The van der Waals surface area contributed by atoms with Crippen LogP contribution in [0.25, 0.3) is 5.69 Å². The molecular formula is C22H27NO5S. The van der Waals surface area contributed by atoms with Gasteiger partial charge in [0.2, 0.25) is 5.78 Å². The van der Waals surface area contributed by atoms with Gasteiger partial charge in [0, 0.05) is 22.6 Å². The van der Waals surface area contributed by atoms with Crippen molar-refractivity contribution < 1.29 is 22.7 Å². The largest absolute Gasteiger partial charge is 0.457 e. The Morgan fingerprint density at radius 3 is 2.38 bits per heavy atom. The normalized spacial score (nSPS) is 18.2. The molecule has 1 unspecified atom stereocenters. The van der Waals surface area contributed by atoms with E-state index in [1.807, 2.05) is 30.5 Å². The van der Waals surface area contributed by atoms with E-state index in [4.69, 9.17) is 4.74 Å². The van der Waals surface area contributed by atoms with Gasteiger partial charge in [-0.05, 0) is 49.9 Å². The third-order valence-corrected chi connectivity index (χ3v) is 7.23. The van der Waals surface area contributed by atoms with Crippen molar-refractivity contribution >= 4 is 21.6 Å². The summed E-state index contributed by atoms with van der Waals surface area (Å²) in [4.78, 5) is 24.7. The number of ether oxygens (including phenoxy) is 1. The van der Waals surface area contributed by atoms with E-state index in [9.17, 15) is 18.0 Å². The number of Topliss-reactive ketones (excluding diaryl/α,β-unsaturated/α-hetero) is 1. The number of hydrogen-bond donors (Lipinski definition) is 0. The SMILES string of the molecule is Cc1cc(C(=O)COC(=O)C2CCS(=O)(=O)C2)c(C)n1-c1ccc(C(C)C)cc1. The summed E-state index contributed by atoms with van der Waals surface area (Å²) >= 11 is 0. The van der Waals surface area contributed by atoms with Crippen molar-refractivity contribution in [3.05, 3.63) is 52.8 Å². The highest BCUT2D eigenvalue weighted by atomic mass is 32.2. The second-order valence-corrected chi connectivity index (χ2v) is 10.2. The van der Waals surface area contributed by atoms with Crippen molar-refractivity contribution in [1.82, 2.24) is 4.57 Å². The summed E-state index contributed by atoms with van der Waals surface area (Å²) in [6.07, 6.45) is 0.260. The molecule has 1 atom stereocenters. The fraction of sp³-hybridized carbons (Fsp3) is 0.455. The highest BCUT2D eigenvalue weighted by Gasteiger charge is 2.34. The van der Waals surface area contributed by atoms with E-state index in [0.717, 1.165) is 17.1 Å². The smallest absolute Gasteiger partial charge is 0.310 e. The van der Waals surface area contributed by atoms with Crippen molar-refractivity contribution in [1.29, 1.82) is 0 Å². The minimum absolute atomic E-state index is 0.00251.